The van der Waals surface area contributed by atoms with Crippen LogP contribution in [-0.2, 0) is 4.79 Å². The van der Waals surface area contributed by atoms with Gasteiger partial charge in [-0.2, -0.15) is 4.68 Å². The lowest BCUT2D eigenvalue weighted by molar-refractivity contribution is -0.119. The highest BCUT2D eigenvalue weighted by Crippen LogP contribution is 2.20. The molecule has 3 aromatic rings. The number of aromatic nitrogens is 4. The number of nitrogens with one attached hydrogen (secondary N) is 1. The highest BCUT2D eigenvalue weighted by Gasteiger charge is 2.14. The summed E-state index contributed by atoms with van der Waals surface area (Å²) in [7, 11) is 0. The van der Waals surface area contributed by atoms with Gasteiger partial charge in [0.1, 0.15) is 0 Å². The summed E-state index contributed by atoms with van der Waals surface area (Å²) >= 11 is 13.0. The average molecular weight is 408 g/mol. The van der Waals surface area contributed by atoms with E-state index >= 15 is 0 Å². The van der Waals surface area contributed by atoms with Gasteiger partial charge in [-0.15, -0.1) is 5.10 Å². The molecule has 134 valence electrons. The first-order valence-electron chi connectivity index (χ1n) is 7.75. The maximum absolute atomic E-state index is 12.2. The van der Waals surface area contributed by atoms with E-state index in [0.717, 1.165) is 11.3 Å². The van der Waals surface area contributed by atoms with Crippen molar-refractivity contribution in [1.29, 1.82) is 0 Å². The van der Waals surface area contributed by atoms with Gasteiger partial charge in [0.15, 0.2) is 0 Å². The molecule has 26 heavy (non-hydrogen) atoms. The molecule has 0 fully saturated rings. The molecule has 0 bridgehead atoms. The first-order valence-corrected chi connectivity index (χ1v) is 9.49. The number of carbonyl (C=O) groups is 1. The molecule has 1 aromatic heterocycles. The second-order valence-corrected chi connectivity index (χ2v) is 7.29. The second kappa shape index (κ2) is 8.53. The van der Waals surface area contributed by atoms with E-state index in [0.29, 0.717) is 15.2 Å². The predicted molar refractivity (Wildman–Crippen MR) is 103 cm³/mol. The van der Waals surface area contributed by atoms with Gasteiger partial charge >= 0.3 is 0 Å². The van der Waals surface area contributed by atoms with Crippen molar-refractivity contribution in [3.05, 3.63) is 64.1 Å². The van der Waals surface area contributed by atoms with Crippen molar-refractivity contribution in [2.75, 3.05) is 5.75 Å². The number of halogens is 2. The van der Waals surface area contributed by atoms with Crippen LogP contribution in [0.15, 0.2) is 53.7 Å². The van der Waals surface area contributed by atoms with Crippen molar-refractivity contribution in [2.24, 2.45) is 0 Å². The third kappa shape index (κ3) is 4.75. The molecule has 2 aromatic carbocycles. The number of rotatable bonds is 6. The Labute approximate surface area is 164 Å². The topological polar surface area (TPSA) is 72.7 Å². The molecule has 0 saturated heterocycles. The van der Waals surface area contributed by atoms with Gasteiger partial charge in [0, 0.05) is 10.0 Å². The monoisotopic (exact) mass is 407 g/mol. The Morgan fingerprint density at radius 2 is 1.73 bits per heavy atom. The van der Waals surface area contributed by atoms with Gasteiger partial charge in [-0.1, -0.05) is 47.1 Å². The fraction of sp³-hybridized carbons (Fsp3) is 0.176. The van der Waals surface area contributed by atoms with Crippen LogP contribution in [0.5, 0.6) is 0 Å². The summed E-state index contributed by atoms with van der Waals surface area (Å²) in [5.41, 5.74) is 1.76. The van der Waals surface area contributed by atoms with Crippen molar-refractivity contribution in [3.8, 4) is 5.69 Å². The Bertz CT molecular complexity index is 883. The zero-order chi connectivity index (χ0) is 18.5. The van der Waals surface area contributed by atoms with Gasteiger partial charge in [0.2, 0.25) is 11.1 Å². The first kappa shape index (κ1) is 18.7. The number of tetrazole rings is 1. The molecule has 3 rings (SSSR count). The van der Waals surface area contributed by atoms with Crippen LogP contribution in [0, 0.1) is 0 Å². The molecule has 0 aliphatic rings. The third-order valence-corrected chi connectivity index (χ3v) is 5.02. The van der Waals surface area contributed by atoms with Crippen molar-refractivity contribution in [2.45, 2.75) is 18.1 Å². The molecule has 1 unspecified atom stereocenters. The molecular formula is C17H15Cl2N5OS. The third-order valence-electron chi connectivity index (χ3n) is 3.59. The SMILES string of the molecule is CC(NC(=O)CSc1nnnn1-c1ccc(Cl)cc1)c1ccc(Cl)cc1. The highest BCUT2D eigenvalue weighted by atomic mass is 35.5. The summed E-state index contributed by atoms with van der Waals surface area (Å²) < 4.78 is 1.57. The van der Waals surface area contributed by atoms with Gasteiger partial charge in [0.25, 0.3) is 0 Å². The maximum Gasteiger partial charge on any atom is 0.230 e. The minimum Gasteiger partial charge on any atom is -0.349 e. The fourth-order valence-corrected chi connectivity index (χ4v) is 3.22. The van der Waals surface area contributed by atoms with Crippen molar-refractivity contribution in [1.82, 2.24) is 25.5 Å². The van der Waals surface area contributed by atoms with Gasteiger partial charge in [0.05, 0.1) is 17.5 Å². The highest BCUT2D eigenvalue weighted by molar-refractivity contribution is 7.99. The van der Waals surface area contributed by atoms with Gasteiger partial charge < -0.3 is 5.32 Å². The Balaban J connectivity index is 1.59. The number of amides is 1. The number of carbonyl (C=O) groups excluding carboxylic acids is 1. The minimum absolute atomic E-state index is 0.108. The lowest BCUT2D eigenvalue weighted by Crippen LogP contribution is -2.28. The van der Waals surface area contributed by atoms with Crippen molar-refractivity contribution in [3.63, 3.8) is 0 Å². The van der Waals surface area contributed by atoms with Crippen LogP contribution in [0.2, 0.25) is 10.0 Å². The van der Waals surface area contributed by atoms with Crippen LogP contribution in [-0.4, -0.2) is 31.9 Å². The number of benzene rings is 2. The standard InChI is InChI=1S/C17H15Cl2N5OS/c1-11(12-2-4-13(18)5-3-12)20-16(25)10-26-17-21-22-23-24(17)15-8-6-14(19)7-9-15/h2-9,11H,10H2,1H3,(H,20,25). The Kier molecular flexibility index (Phi) is 6.13. The van der Waals surface area contributed by atoms with Crippen molar-refractivity contribution < 1.29 is 4.79 Å². The van der Waals surface area contributed by atoms with Crippen LogP contribution in [0.3, 0.4) is 0 Å². The zero-order valence-corrected chi connectivity index (χ0v) is 16.1. The molecule has 1 N–H and O–H groups in total. The fourth-order valence-electron chi connectivity index (χ4n) is 2.26. The van der Waals surface area contributed by atoms with E-state index in [-0.39, 0.29) is 17.7 Å². The van der Waals surface area contributed by atoms with Crippen LogP contribution in [0.25, 0.3) is 5.69 Å². The number of hydrogen-bond donors (Lipinski definition) is 1. The van der Waals surface area contributed by atoms with E-state index in [4.69, 9.17) is 23.2 Å². The molecule has 1 heterocycles. The predicted octanol–water partition coefficient (Wildman–Crippen LogP) is 3.94. The smallest absolute Gasteiger partial charge is 0.230 e. The van der Waals surface area contributed by atoms with Crippen LogP contribution in [0.4, 0.5) is 0 Å². The molecule has 1 amide bonds. The quantitative estimate of drug-likeness (QED) is 0.626. The lowest BCUT2D eigenvalue weighted by Gasteiger charge is -2.14. The van der Waals surface area contributed by atoms with E-state index in [2.05, 4.69) is 20.8 Å². The summed E-state index contributed by atoms with van der Waals surface area (Å²) in [5.74, 6) is 0.0921. The van der Waals surface area contributed by atoms with Gasteiger partial charge in [-0.05, 0) is 59.3 Å². The summed E-state index contributed by atoms with van der Waals surface area (Å²) in [4.78, 5) is 12.2. The van der Waals surface area contributed by atoms with Crippen molar-refractivity contribution >= 4 is 40.9 Å². The van der Waals surface area contributed by atoms with E-state index in [1.807, 2.05) is 31.2 Å². The summed E-state index contributed by atoms with van der Waals surface area (Å²) in [5, 5.41) is 16.4. The molecule has 0 spiro atoms. The Morgan fingerprint density at radius 3 is 2.38 bits per heavy atom. The summed E-state index contributed by atoms with van der Waals surface area (Å²) in [6.07, 6.45) is 0. The second-order valence-electron chi connectivity index (χ2n) is 5.48. The number of thioether (sulfide) groups is 1. The molecule has 9 heteroatoms. The van der Waals surface area contributed by atoms with Crippen LogP contribution >= 0.6 is 35.0 Å². The maximum atomic E-state index is 12.2. The van der Waals surface area contributed by atoms with Gasteiger partial charge in [-0.3, -0.25) is 4.79 Å². The minimum atomic E-state index is -0.118. The molecule has 6 nitrogen and oxygen atoms in total. The van der Waals surface area contributed by atoms with Crippen LogP contribution in [0.1, 0.15) is 18.5 Å². The molecule has 0 aliphatic carbocycles. The Morgan fingerprint density at radius 1 is 1.12 bits per heavy atom. The molecule has 0 radical (unpaired) electrons. The summed E-state index contributed by atoms with van der Waals surface area (Å²) in [6.45, 7) is 1.92. The molecule has 0 saturated carbocycles. The largest absolute Gasteiger partial charge is 0.349 e. The van der Waals surface area contributed by atoms with Crippen LogP contribution < -0.4 is 5.32 Å². The van der Waals surface area contributed by atoms with E-state index < -0.39 is 0 Å². The Hall–Kier alpha value is -2.09. The van der Waals surface area contributed by atoms with E-state index in [9.17, 15) is 4.79 Å². The molecule has 1 atom stereocenters. The molecule has 0 aliphatic heterocycles. The number of nitrogens with zero attached hydrogens (tertiary/aromatic N) is 4. The molecular weight excluding hydrogens is 393 g/mol. The van der Waals surface area contributed by atoms with E-state index in [1.165, 1.54) is 11.8 Å². The number of hydrogen-bond acceptors (Lipinski definition) is 5. The average Bonchev–Trinajstić information content (AvgIpc) is 3.09. The normalized spacial score (nSPS) is 12.0. The van der Waals surface area contributed by atoms with Gasteiger partial charge in [-0.25, -0.2) is 0 Å². The van der Waals surface area contributed by atoms with E-state index in [1.54, 1.807) is 28.9 Å². The lowest BCUT2D eigenvalue weighted by atomic mass is 10.1. The zero-order valence-electron chi connectivity index (χ0n) is 13.8. The summed E-state index contributed by atoms with van der Waals surface area (Å²) in [6, 6.07) is 14.4. The first-order chi connectivity index (χ1) is 12.5.